The Bertz CT molecular complexity index is 1440. The number of piperazine rings is 1. The third-order valence-corrected chi connectivity index (χ3v) is 7.74. The highest BCUT2D eigenvalue weighted by molar-refractivity contribution is 5.81. The maximum atomic E-state index is 5.04. The van der Waals surface area contributed by atoms with E-state index in [1.165, 1.54) is 33.3 Å². The van der Waals surface area contributed by atoms with Crippen LogP contribution in [0.25, 0.3) is 22.4 Å². The largest absolute Gasteiger partial charge is 0.327 e. The van der Waals surface area contributed by atoms with E-state index in [4.69, 9.17) is 4.98 Å². The van der Waals surface area contributed by atoms with Crippen LogP contribution in [0.3, 0.4) is 0 Å². The minimum Gasteiger partial charge on any atom is -0.327 e. The number of benzene rings is 4. The monoisotopic (exact) mass is 486 g/mol. The fourth-order valence-corrected chi connectivity index (χ4v) is 5.73. The summed E-state index contributed by atoms with van der Waals surface area (Å²) in [5.74, 6) is 1.03. The van der Waals surface area contributed by atoms with Crippen LogP contribution in [0, 0.1) is 6.92 Å². The Morgan fingerprint density at radius 1 is 0.730 bits per heavy atom. The second kappa shape index (κ2) is 10.3. The predicted octanol–water partition coefficient (Wildman–Crippen LogP) is 6.46. The van der Waals surface area contributed by atoms with Crippen molar-refractivity contribution in [2.24, 2.45) is 7.05 Å². The first-order valence-electron chi connectivity index (χ1n) is 13.2. The van der Waals surface area contributed by atoms with E-state index in [9.17, 15) is 0 Å². The minimum atomic E-state index is 0.300. The highest BCUT2D eigenvalue weighted by atomic mass is 15.3. The van der Waals surface area contributed by atoms with E-state index < -0.39 is 0 Å². The van der Waals surface area contributed by atoms with Gasteiger partial charge >= 0.3 is 0 Å². The van der Waals surface area contributed by atoms with Gasteiger partial charge in [-0.1, -0.05) is 91.0 Å². The van der Waals surface area contributed by atoms with Crippen LogP contribution >= 0.6 is 0 Å². The van der Waals surface area contributed by atoms with Crippen molar-refractivity contribution in [2.75, 3.05) is 26.2 Å². The molecule has 1 saturated heterocycles. The van der Waals surface area contributed by atoms with Gasteiger partial charge in [-0.25, -0.2) is 4.98 Å². The van der Waals surface area contributed by atoms with Gasteiger partial charge in [0.25, 0.3) is 0 Å². The summed E-state index contributed by atoms with van der Waals surface area (Å²) < 4.78 is 2.22. The third-order valence-electron chi connectivity index (χ3n) is 7.74. The molecular formula is C33H34N4. The number of hydrogen-bond acceptors (Lipinski definition) is 3. The Morgan fingerprint density at radius 2 is 1.35 bits per heavy atom. The molecule has 0 spiro atoms. The third kappa shape index (κ3) is 4.83. The molecule has 0 bridgehead atoms. The van der Waals surface area contributed by atoms with E-state index >= 15 is 0 Å². The Kier molecular flexibility index (Phi) is 6.60. The van der Waals surface area contributed by atoms with Crippen LogP contribution in [0.5, 0.6) is 0 Å². The molecule has 5 aromatic rings. The molecule has 0 saturated carbocycles. The smallest absolute Gasteiger partial charge is 0.141 e. The van der Waals surface area contributed by atoms with Gasteiger partial charge in [0.1, 0.15) is 5.82 Å². The number of fused-ring (bicyclic) bond motifs is 1. The molecule has 0 unspecified atom stereocenters. The summed E-state index contributed by atoms with van der Waals surface area (Å²) in [4.78, 5) is 10.3. The zero-order valence-corrected chi connectivity index (χ0v) is 21.7. The highest BCUT2D eigenvalue weighted by Crippen LogP contribution is 2.30. The molecule has 1 aromatic heterocycles. The van der Waals surface area contributed by atoms with E-state index in [0.29, 0.717) is 6.04 Å². The number of imidazole rings is 1. The standard InChI is InChI=1S/C33H34N4/c1-25-11-9-10-16-29(25)33-34-30-23-26(17-18-31(30)35(33)2)24-36-19-21-37(22-20-36)32(27-12-5-3-6-13-27)28-14-7-4-8-15-28/h3-18,23,32H,19-22,24H2,1-2H3. The van der Waals surface area contributed by atoms with E-state index in [0.717, 1.165) is 44.1 Å². The number of aromatic nitrogens is 2. The summed E-state index contributed by atoms with van der Waals surface area (Å²) >= 11 is 0. The molecule has 0 radical (unpaired) electrons. The Morgan fingerprint density at radius 3 is 2.00 bits per heavy atom. The second-order valence-electron chi connectivity index (χ2n) is 10.2. The van der Waals surface area contributed by atoms with Crippen molar-refractivity contribution in [3.8, 4) is 11.4 Å². The molecule has 2 heterocycles. The molecule has 1 aliphatic rings. The molecule has 1 aliphatic heterocycles. The van der Waals surface area contributed by atoms with Crippen molar-refractivity contribution in [1.29, 1.82) is 0 Å². The molecule has 0 amide bonds. The first-order chi connectivity index (χ1) is 18.2. The van der Waals surface area contributed by atoms with Gasteiger partial charge in [0.15, 0.2) is 0 Å². The average Bonchev–Trinajstić information content (AvgIpc) is 3.26. The van der Waals surface area contributed by atoms with E-state index in [1.54, 1.807) is 0 Å². The van der Waals surface area contributed by atoms with E-state index in [1.807, 2.05) is 0 Å². The predicted molar refractivity (Wildman–Crippen MR) is 152 cm³/mol. The maximum absolute atomic E-state index is 5.04. The SMILES string of the molecule is Cc1ccccc1-c1nc2cc(CN3CCN(C(c4ccccc4)c4ccccc4)CC3)ccc2n1C. The quantitative estimate of drug-likeness (QED) is 0.275. The lowest BCUT2D eigenvalue weighted by Gasteiger charge is -2.39. The summed E-state index contributed by atoms with van der Waals surface area (Å²) in [7, 11) is 2.12. The van der Waals surface area contributed by atoms with Crippen molar-refractivity contribution in [3.63, 3.8) is 0 Å². The average molecular weight is 487 g/mol. The first kappa shape index (κ1) is 23.7. The van der Waals surface area contributed by atoms with Crippen molar-refractivity contribution in [3.05, 3.63) is 125 Å². The van der Waals surface area contributed by atoms with E-state index in [2.05, 4.69) is 131 Å². The van der Waals surface area contributed by atoms with Gasteiger partial charge < -0.3 is 4.57 Å². The Hall–Kier alpha value is -3.73. The lowest BCUT2D eigenvalue weighted by molar-refractivity contribution is 0.105. The molecular weight excluding hydrogens is 452 g/mol. The summed E-state index contributed by atoms with van der Waals surface area (Å²) in [5, 5.41) is 0. The highest BCUT2D eigenvalue weighted by Gasteiger charge is 2.26. The van der Waals surface area contributed by atoms with Crippen LogP contribution in [-0.4, -0.2) is 45.5 Å². The number of aryl methyl sites for hydroxylation is 2. The Balaban J connectivity index is 1.18. The molecule has 186 valence electrons. The molecule has 0 N–H and O–H groups in total. The topological polar surface area (TPSA) is 24.3 Å². The Labute approximate surface area is 219 Å². The lowest BCUT2D eigenvalue weighted by Crippen LogP contribution is -2.47. The summed E-state index contributed by atoms with van der Waals surface area (Å²) in [6, 6.07) is 37.4. The fraction of sp³-hybridized carbons (Fsp3) is 0.242. The minimum absolute atomic E-state index is 0.300. The van der Waals surface area contributed by atoms with Crippen LogP contribution in [0.1, 0.15) is 28.3 Å². The summed E-state index contributed by atoms with van der Waals surface area (Å²) in [6.45, 7) is 7.34. The van der Waals surface area contributed by atoms with Gasteiger partial charge in [-0.3, -0.25) is 9.80 Å². The summed E-state index contributed by atoms with van der Waals surface area (Å²) in [5.41, 5.74) is 8.77. The van der Waals surface area contributed by atoms with Gasteiger partial charge in [-0.05, 0) is 41.3 Å². The van der Waals surface area contributed by atoms with Crippen molar-refractivity contribution >= 4 is 11.0 Å². The summed E-state index contributed by atoms with van der Waals surface area (Å²) in [6.07, 6.45) is 0. The fourth-order valence-electron chi connectivity index (χ4n) is 5.73. The van der Waals surface area contributed by atoms with E-state index in [-0.39, 0.29) is 0 Å². The number of rotatable bonds is 6. The molecule has 0 atom stereocenters. The van der Waals surface area contributed by atoms with Crippen molar-refractivity contribution in [1.82, 2.24) is 19.4 Å². The van der Waals surface area contributed by atoms with Gasteiger partial charge in [0, 0.05) is 45.3 Å². The van der Waals surface area contributed by atoms with Crippen molar-refractivity contribution in [2.45, 2.75) is 19.5 Å². The van der Waals surface area contributed by atoms with Crippen LogP contribution in [0.15, 0.2) is 103 Å². The molecule has 6 rings (SSSR count). The van der Waals surface area contributed by atoms with Crippen molar-refractivity contribution < 1.29 is 0 Å². The zero-order chi connectivity index (χ0) is 25.2. The maximum Gasteiger partial charge on any atom is 0.141 e. The first-order valence-corrected chi connectivity index (χ1v) is 13.2. The molecule has 4 nitrogen and oxygen atoms in total. The molecule has 4 aromatic carbocycles. The van der Waals surface area contributed by atoms with Crippen LogP contribution < -0.4 is 0 Å². The van der Waals surface area contributed by atoms with Crippen LogP contribution in [-0.2, 0) is 13.6 Å². The molecule has 37 heavy (non-hydrogen) atoms. The van der Waals surface area contributed by atoms with Crippen LogP contribution in [0.2, 0.25) is 0 Å². The van der Waals surface area contributed by atoms with Gasteiger partial charge in [-0.2, -0.15) is 0 Å². The molecule has 0 aliphatic carbocycles. The van der Waals surface area contributed by atoms with Gasteiger partial charge in [0.05, 0.1) is 17.1 Å². The molecule has 4 heteroatoms. The van der Waals surface area contributed by atoms with Gasteiger partial charge in [-0.15, -0.1) is 0 Å². The zero-order valence-electron chi connectivity index (χ0n) is 21.7. The molecule has 1 fully saturated rings. The lowest BCUT2D eigenvalue weighted by atomic mass is 9.96. The van der Waals surface area contributed by atoms with Gasteiger partial charge in [0.2, 0.25) is 0 Å². The second-order valence-corrected chi connectivity index (χ2v) is 10.2. The normalized spacial score (nSPS) is 15.0. The van der Waals surface area contributed by atoms with Crippen LogP contribution in [0.4, 0.5) is 0 Å². The number of hydrogen-bond donors (Lipinski definition) is 0. The number of nitrogens with zero attached hydrogens (tertiary/aromatic N) is 4.